The normalized spacial score (nSPS) is 25.4. The molecule has 1 unspecified atom stereocenters. The van der Waals surface area contributed by atoms with Crippen molar-refractivity contribution in [2.45, 2.75) is 58.2 Å². The first-order valence-corrected chi connectivity index (χ1v) is 7.38. The van der Waals surface area contributed by atoms with Crippen LogP contribution in [-0.4, -0.2) is 60.6 Å². The van der Waals surface area contributed by atoms with E-state index < -0.39 is 0 Å². The van der Waals surface area contributed by atoms with Crippen molar-refractivity contribution in [2.24, 2.45) is 0 Å². The molecule has 1 saturated carbocycles. The minimum Gasteiger partial charge on any atom is -0.314 e. The second kappa shape index (κ2) is 6.17. The molecule has 0 aromatic rings. The molecule has 1 N–H and O–H groups in total. The molecule has 1 saturated heterocycles. The van der Waals surface area contributed by atoms with Gasteiger partial charge in [-0.25, -0.2) is 0 Å². The first-order chi connectivity index (χ1) is 8.16. The van der Waals surface area contributed by atoms with E-state index in [0.29, 0.717) is 6.04 Å². The van der Waals surface area contributed by atoms with Gasteiger partial charge in [0.2, 0.25) is 0 Å². The molecule has 100 valence electrons. The maximum absolute atomic E-state index is 3.62. The smallest absolute Gasteiger partial charge is 0.0113 e. The third-order valence-corrected chi connectivity index (χ3v) is 4.27. The van der Waals surface area contributed by atoms with Crippen LogP contribution in [0.2, 0.25) is 0 Å². The van der Waals surface area contributed by atoms with Gasteiger partial charge in [-0.3, -0.25) is 9.80 Å². The Kier molecular flexibility index (Phi) is 4.83. The van der Waals surface area contributed by atoms with Gasteiger partial charge in [-0.2, -0.15) is 0 Å². The number of nitrogens with one attached hydrogen (secondary N) is 1. The van der Waals surface area contributed by atoms with Crippen molar-refractivity contribution in [3.8, 4) is 0 Å². The van der Waals surface area contributed by atoms with Crippen LogP contribution in [0.25, 0.3) is 0 Å². The zero-order valence-electron chi connectivity index (χ0n) is 11.8. The van der Waals surface area contributed by atoms with Gasteiger partial charge in [0.25, 0.3) is 0 Å². The van der Waals surface area contributed by atoms with Gasteiger partial charge in [0.15, 0.2) is 0 Å². The predicted octanol–water partition coefficient (Wildman–Crippen LogP) is 1.54. The zero-order chi connectivity index (χ0) is 12.3. The van der Waals surface area contributed by atoms with Gasteiger partial charge in [0.1, 0.15) is 0 Å². The number of nitrogens with zero attached hydrogens (tertiary/aromatic N) is 2. The lowest BCUT2D eigenvalue weighted by molar-refractivity contribution is 0.0807. The molecule has 0 radical (unpaired) electrons. The van der Waals surface area contributed by atoms with Gasteiger partial charge >= 0.3 is 0 Å². The van der Waals surface area contributed by atoms with E-state index in [0.717, 1.165) is 12.1 Å². The van der Waals surface area contributed by atoms with Crippen molar-refractivity contribution in [1.82, 2.24) is 15.1 Å². The molecule has 3 heteroatoms. The summed E-state index contributed by atoms with van der Waals surface area (Å²) in [6.07, 6.45) is 4.11. The lowest BCUT2D eigenvalue weighted by atomic mass is 10.1. The first kappa shape index (κ1) is 13.3. The molecule has 1 heterocycles. The van der Waals surface area contributed by atoms with Crippen molar-refractivity contribution < 1.29 is 0 Å². The van der Waals surface area contributed by atoms with Crippen molar-refractivity contribution in [2.75, 3.05) is 32.7 Å². The molecule has 1 aliphatic carbocycles. The number of piperazine rings is 1. The quantitative estimate of drug-likeness (QED) is 0.758. The Hall–Kier alpha value is -0.120. The van der Waals surface area contributed by atoms with E-state index in [2.05, 4.69) is 35.9 Å². The van der Waals surface area contributed by atoms with Crippen LogP contribution in [0.1, 0.15) is 40.0 Å². The number of hydrogen-bond donors (Lipinski definition) is 1. The molecule has 0 amide bonds. The Balaban J connectivity index is 1.61. The molecule has 1 aliphatic heterocycles. The molecular formula is C14H29N3. The minimum atomic E-state index is 0.712. The summed E-state index contributed by atoms with van der Waals surface area (Å²) in [7, 11) is 0. The van der Waals surface area contributed by atoms with E-state index in [1.807, 2.05) is 0 Å². The SMILES string of the molecule is CC(C)N1CCN(C(C)CCNC2CC2)CC1. The minimum absolute atomic E-state index is 0.712. The highest BCUT2D eigenvalue weighted by Gasteiger charge is 2.23. The molecule has 0 aromatic heterocycles. The summed E-state index contributed by atoms with van der Waals surface area (Å²) in [5.74, 6) is 0. The summed E-state index contributed by atoms with van der Waals surface area (Å²) < 4.78 is 0. The second-order valence-electron chi connectivity index (χ2n) is 6.03. The Morgan fingerprint density at radius 3 is 2.12 bits per heavy atom. The van der Waals surface area contributed by atoms with Crippen molar-refractivity contribution in [3.63, 3.8) is 0 Å². The summed E-state index contributed by atoms with van der Waals surface area (Å²) in [5, 5.41) is 3.62. The fourth-order valence-electron chi connectivity index (χ4n) is 2.66. The largest absolute Gasteiger partial charge is 0.314 e. The molecule has 2 rings (SSSR count). The molecular weight excluding hydrogens is 210 g/mol. The number of rotatable bonds is 6. The van der Waals surface area contributed by atoms with E-state index >= 15 is 0 Å². The van der Waals surface area contributed by atoms with E-state index in [4.69, 9.17) is 0 Å². The van der Waals surface area contributed by atoms with E-state index in [9.17, 15) is 0 Å². The highest BCUT2D eigenvalue weighted by Crippen LogP contribution is 2.18. The third-order valence-electron chi connectivity index (χ3n) is 4.27. The van der Waals surface area contributed by atoms with Crippen LogP contribution in [0.4, 0.5) is 0 Å². The summed E-state index contributed by atoms with van der Waals surface area (Å²) in [5.41, 5.74) is 0. The summed E-state index contributed by atoms with van der Waals surface area (Å²) >= 11 is 0. The van der Waals surface area contributed by atoms with Gasteiger partial charge in [-0.15, -0.1) is 0 Å². The molecule has 0 spiro atoms. The highest BCUT2D eigenvalue weighted by atomic mass is 15.3. The zero-order valence-corrected chi connectivity index (χ0v) is 11.8. The molecule has 17 heavy (non-hydrogen) atoms. The molecule has 0 bridgehead atoms. The topological polar surface area (TPSA) is 18.5 Å². The Morgan fingerprint density at radius 1 is 1.00 bits per heavy atom. The van der Waals surface area contributed by atoms with Crippen molar-refractivity contribution in [3.05, 3.63) is 0 Å². The lowest BCUT2D eigenvalue weighted by Crippen LogP contribution is -2.51. The van der Waals surface area contributed by atoms with Gasteiger partial charge < -0.3 is 5.32 Å². The summed E-state index contributed by atoms with van der Waals surface area (Å²) in [4.78, 5) is 5.25. The van der Waals surface area contributed by atoms with E-state index in [1.54, 1.807) is 0 Å². The van der Waals surface area contributed by atoms with Crippen LogP contribution in [-0.2, 0) is 0 Å². The van der Waals surface area contributed by atoms with Gasteiger partial charge in [0, 0.05) is 44.3 Å². The van der Waals surface area contributed by atoms with Crippen molar-refractivity contribution in [1.29, 1.82) is 0 Å². The Morgan fingerprint density at radius 2 is 1.59 bits per heavy atom. The van der Waals surface area contributed by atoms with E-state index in [1.165, 1.54) is 52.0 Å². The van der Waals surface area contributed by atoms with Crippen LogP contribution in [0.3, 0.4) is 0 Å². The molecule has 2 fully saturated rings. The Bertz CT molecular complexity index is 218. The Labute approximate surface area is 107 Å². The van der Waals surface area contributed by atoms with Crippen LogP contribution in [0.5, 0.6) is 0 Å². The fraction of sp³-hybridized carbons (Fsp3) is 1.00. The third kappa shape index (κ3) is 4.23. The van der Waals surface area contributed by atoms with Gasteiger partial charge in [0.05, 0.1) is 0 Å². The lowest BCUT2D eigenvalue weighted by Gasteiger charge is -2.39. The first-order valence-electron chi connectivity index (χ1n) is 7.38. The summed E-state index contributed by atoms with van der Waals surface area (Å²) in [6.45, 7) is 13.2. The van der Waals surface area contributed by atoms with Crippen LogP contribution >= 0.6 is 0 Å². The molecule has 2 aliphatic rings. The molecule has 0 aromatic carbocycles. The predicted molar refractivity (Wildman–Crippen MR) is 73.4 cm³/mol. The summed E-state index contributed by atoms with van der Waals surface area (Å²) in [6, 6.07) is 2.32. The van der Waals surface area contributed by atoms with Crippen LogP contribution in [0, 0.1) is 0 Å². The maximum atomic E-state index is 3.62. The highest BCUT2D eigenvalue weighted by molar-refractivity contribution is 4.82. The average Bonchev–Trinajstić information content (AvgIpc) is 3.13. The van der Waals surface area contributed by atoms with Gasteiger partial charge in [-0.1, -0.05) is 0 Å². The van der Waals surface area contributed by atoms with E-state index in [-0.39, 0.29) is 0 Å². The fourth-order valence-corrected chi connectivity index (χ4v) is 2.66. The van der Waals surface area contributed by atoms with Crippen LogP contribution in [0.15, 0.2) is 0 Å². The monoisotopic (exact) mass is 239 g/mol. The standard InChI is InChI=1S/C14H29N3/c1-12(2)16-8-10-17(11-9-16)13(3)6-7-15-14-4-5-14/h12-15H,4-11H2,1-3H3. The van der Waals surface area contributed by atoms with Crippen molar-refractivity contribution >= 4 is 0 Å². The molecule has 1 atom stereocenters. The van der Waals surface area contributed by atoms with Gasteiger partial charge in [-0.05, 0) is 46.6 Å². The maximum Gasteiger partial charge on any atom is 0.0113 e. The molecule has 3 nitrogen and oxygen atoms in total. The van der Waals surface area contributed by atoms with Crippen LogP contribution < -0.4 is 5.32 Å². The second-order valence-corrected chi connectivity index (χ2v) is 6.03. The number of hydrogen-bond acceptors (Lipinski definition) is 3. The average molecular weight is 239 g/mol.